The number of aldehydes is 1. The van der Waals surface area contributed by atoms with E-state index < -0.39 is 7.12 Å². The van der Waals surface area contributed by atoms with Gasteiger partial charge < -0.3 is 14.8 Å². The number of nitrogens with zero attached hydrogens (tertiary/aromatic N) is 1. The Morgan fingerprint density at radius 2 is 2.12 bits per heavy atom. The number of para-hydroxylation sites is 1. The molecule has 0 bridgehead atoms. The van der Waals surface area contributed by atoms with Gasteiger partial charge in [0, 0.05) is 5.46 Å². The van der Waals surface area contributed by atoms with Crippen LogP contribution in [0.25, 0.3) is 0 Å². The van der Waals surface area contributed by atoms with E-state index in [1.54, 1.807) is 6.07 Å². The Kier molecular flexibility index (Phi) is 7.80. The summed E-state index contributed by atoms with van der Waals surface area (Å²) in [5, 5.41) is 17.8. The minimum absolute atomic E-state index is 0.187. The molecule has 0 fully saturated rings. The van der Waals surface area contributed by atoms with Crippen LogP contribution >= 0.6 is 0 Å². The van der Waals surface area contributed by atoms with E-state index in [9.17, 15) is 9.28 Å². The molecule has 16 heavy (non-hydrogen) atoms. The summed E-state index contributed by atoms with van der Waals surface area (Å²) in [6.07, 6.45) is 0.602. The Hall–Kier alpha value is -0.907. The molecule has 0 spiro atoms. The Bertz CT molecular complexity index is 364. The van der Waals surface area contributed by atoms with Crippen molar-refractivity contribution in [1.29, 1.82) is 0 Å². The standard InChI is InChI=1S/C8H9BO4.FN.W/c1-13-8-6(5-10)3-2-4-7(8)9(11)12;1-2;/h2-5,11-12H,1H3;;. The quantitative estimate of drug-likeness (QED) is 0.547. The van der Waals surface area contributed by atoms with Gasteiger partial charge in [-0.1, -0.05) is 12.1 Å². The van der Waals surface area contributed by atoms with Crippen LogP contribution in [0.2, 0.25) is 0 Å². The number of methoxy groups -OCH3 is 1. The molecule has 0 aliphatic heterocycles. The van der Waals surface area contributed by atoms with Crippen LogP contribution in [0, 0.1) is 0 Å². The topological polar surface area (TPSA) is 79.1 Å². The second kappa shape index (κ2) is 8.27. The Morgan fingerprint density at radius 3 is 2.50 bits per heavy atom. The predicted molar refractivity (Wildman–Crippen MR) is 51.7 cm³/mol. The van der Waals surface area contributed by atoms with Gasteiger partial charge in [-0.3, -0.25) is 4.79 Å². The van der Waals surface area contributed by atoms with Gasteiger partial charge in [0.05, 0.1) is 12.7 Å². The fourth-order valence-electron chi connectivity index (χ4n) is 1.11. The van der Waals surface area contributed by atoms with E-state index in [1.165, 1.54) is 19.2 Å². The molecule has 0 atom stereocenters. The van der Waals surface area contributed by atoms with Crippen LogP contribution in [0.5, 0.6) is 5.75 Å². The van der Waals surface area contributed by atoms with Crippen molar-refractivity contribution >= 4 is 18.9 Å². The predicted octanol–water partition coefficient (Wildman–Crippen LogP) is -0.211. The molecule has 1 aromatic rings. The molecule has 0 aliphatic carbocycles. The van der Waals surface area contributed by atoms with Crippen molar-refractivity contribution in [3.63, 3.8) is 0 Å². The van der Waals surface area contributed by atoms with E-state index in [0.717, 1.165) is 0 Å². The van der Waals surface area contributed by atoms with Crippen molar-refractivity contribution in [3.05, 3.63) is 23.8 Å². The van der Waals surface area contributed by atoms with Crippen molar-refractivity contribution in [2.45, 2.75) is 0 Å². The van der Waals surface area contributed by atoms with Crippen LogP contribution < -0.4 is 10.2 Å². The van der Waals surface area contributed by atoms with E-state index in [-0.39, 0.29) is 11.2 Å². The van der Waals surface area contributed by atoms with Crippen LogP contribution in [0.1, 0.15) is 10.4 Å². The van der Waals surface area contributed by atoms with Crippen molar-refractivity contribution in [2.24, 2.45) is 3.72 Å². The zero-order chi connectivity index (χ0) is 12.6. The van der Waals surface area contributed by atoms with Gasteiger partial charge in [0.2, 0.25) is 0 Å². The zero-order valence-corrected chi connectivity index (χ0v) is 11.3. The van der Waals surface area contributed by atoms with Crippen molar-refractivity contribution in [3.8, 4) is 5.75 Å². The third-order valence-corrected chi connectivity index (χ3v) is 1.69. The van der Waals surface area contributed by atoms with Crippen LogP contribution in [0.3, 0.4) is 0 Å². The molecular formula is C8H9BFNO4W. The van der Waals surface area contributed by atoms with Crippen LogP contribution in [-0.4, -0.2) is 30.6 Å². The van der Waals surface area contributed by atoms with Crippen molar-refractivity contribution < 1.29 is 43.7 Å². The average molecular weight is 397 g/mol. The second-order valence-corrected chi connectivity index (χ2v) is 3.03. The summed E-state index contributed by atoms with van der Waals surface area (Å²) in [7, 11) is -0.261. The number of ether oxygens (including phenoxy) is 1. The van der Waals surface area contributed by atoms with Gasteiger partial charge in [-0.05, 0) is 6.07 Å². The van der Waals surface area contributed by atoms with Gasteiger partial charge in [0.15, 0.2) is 6.29 Å². The summed E-state index contributed by atoms with van der Waals surface area (Å²) >= 11 is 0.630. The summed E-state index contributed by atoms with van der Waals surface area (Å²) in [5.74, 6) is 0.201. The van der Waals surface area contributed by atoms with Gasteiger partial charge in [-0.25, -0.2) is 0 Å². The summed E-state index contributed by atoms with van der Waals surface area (Å²) in [6, 6.07) is 4.58. The molecule has 8 heteroatoms. The molecule has 0 unspecified atom stereocenters. The first-order valence-electron chi connectivity index (χ1n) is 4.04. The molecule has 86 valence electrons. The fraction of sp³-hybridized carbons (Fsp3) is 0.125. The van der Waals surface area contributed by atoms with Crippen molar-refractivity contribution in [1.82, 2.24) is 0 Å². The van der Waals surface area contributed by atoms with Gasteiger partial charge in [0.1, 0.15) is 5.75 Å². The summed E-state index contributed by atoms with van der Waals surface area (Å²) in [4.78, 5) is 10.5. The van der Waals surface area contributed by atoms with E-state index in [1.807, 2.05) is 0 Å². The molecule has 5 nitrogen and oxygen atoms in total. The van der Waals surface area contributed by atoms with E-state index in [4.69, 9.17) is 14.8 Å². The monoisotopic (exact) mass is 397 g/mol. The first kappa shape index (κ1) is 15.1. The molecule has 0 aliphatic rings. The number of carbonyl (C=O) groups excluding carboxylic acids is 1. The maximum absolute atomic E-state index is 10.5. The average Bonchev–Trinajstić information content (AvgIpc) is 2.28. The third-order valence-electron chi connectivity index (χ3n) is 1.69. The molecular weight excluding hydrogens is 388 g/mol. The van der Waals surface area contributed by atoms with E-state index in [2.05, 4.69) is 3.72 Å². The van der Waals surface area contributed by atoms with E-state index >= 15 is 0 Å². The molecule has 0 heterocycles. The van der Waals surface area contributed by atoms with Gasteiger partial charge in [-0.2, -0.15) is 0 Å². The van der Waals surface area contributed by atoms with Crippen molar-refractivity contribution in [2.75, 3.05) is 7.11 Å². The number of hydrogen-bond acceptors (Lipinski definition) is 5. The molecule has 1 rings (SSSR count). The van der Waals surface area contributed by atoms with Crippen LogP contribution in [0.15, 0.2) is 21.9 Å². The Morgan fingerprint density at radius 1 is 1.56 bits per heavy atom. The number of hydrogen-bond donors (Lipinski definition) is 2. The van der Waals surface area contributed by atoms with Crippen LogP contribution in [-0.2, 0) is 19.6 Å². The van der Waals surface area contributed by atoms with E-state index in [0.29, 0.717) is 31.5 Å². The molecule has 0 aromatic heterocycles. The van der Waals surface area contributed by atoms with Crippen LogP contribution in [0.4, 0.5) is 4.48 Å². The molecule has 0 saturated carbocycles. The Balaban J connectivity index is 0.000000673. The first-order valence-corrected chi connectivity index (χ1v) is 5.35. The number of carbonyl (C=O) groups is 1. The van der Waals surface area contributed by atoms with Gasteiger partial charge >= 0.3 is 34.9 Å². The summed E-state index contributed by atoms with van der Waals surface area (Å²) in [6.45, 7) is 0. The fourth-order valence-corrected chi connectivity index (χ4v) is 1.11. The zero-order valence-electron chi connectivity index (χ0n) is 8.33. The number of halogens is 1. The molecule has 0 saturated heterocycles. The van der Waals surface area contributed by atoms with Gasteiger partial charge in [-0.15, -0.1) is 0 Å². The minimum atomic E-state index is -1.63. The van der Waals surface area contributed by atoms with Gasteiger partial charge in [0.25, 0.3) is 0 Å². The maximum atomic E-state index is 10.5. The molecule has 1 aromatic carbocycles. The number of benzene rings is 1. The SMILES string of the molecule is COc1c(C=O)cccc1B(O)O.F[N]=[W]. The summed E-state index contributed by atoms with van der Waals surface area (Å²) in [5.41, 5.74) is 0.486. The molecule has 0 amide bonds. The first-order chi connectivity index (χ1) is 7.62. The third kappa shape index (κ3) is 4.30. The number of rotatable bonds is 3. The molecule has 2 N–H and O–H groups in total. The second-order valence-electron chi connectivity index (χ2n) is 2.53. The Labute approximate surface area is 103 Å². The normalized spacial score (nSPS) is 8.50. The summed E-state index contributed by atoms with van der Waals surface area (Å²) < 4.78 is 16.9. The molecule has 0 radical (unpaired) electrons.